The number of thiazole rings is 1. The Bertz CT molecular complexity index is 1100. The molecule has 0 atom stereocenters. The maximum Gasteiger partial charge on any atom is 0.236 e. The fraction of sp³-hybridized carbons (Fsp3) is 0.238. The molecule has 1 aromatic carbocycles. The molecule has 30 heavy (non-hydrogen) atoms. The molecule has 0 bridgehead atoms. The molecule has 1 N–H and O–H groups in total. The van der Waals surface area contributed by atoms with Gasteiger partial charge in [0.15, 0.2) is 10.3 Å². The lowest BCUT2D eigenvalue weighted by molar-refractivity contribution is -0.113. The highest BCUT2D eigenvalue weighted by Gasteiger charge is 2.18. The molecular weight excluding hydrogens is 418 g/mol. The number of rotatable bonds is 8. The van der Waals surface area contributed by atoms with Crippen molar-refractivity contribution in [2.45, 2.75) is 31.5 Å². The van der Waals surface area contributed by atoms with Gasteiger partial charge in [0.05, 0.1) is 24.3 Å². The molecule has 0 aliphatic carbocycles. The van der Waals surface area contributed by atoms with Crippen molar-refractivity contribution >= 4 is 34.1 Å². The van der Waals surface area contributed by atoms with Crippen LogP contribution in [0.25, 0.3) is 11.3 Å². The molecule has 0 aliphatic rings. The Morgan fingerprint density at radius 1 is 1.20 bits per heavy atom. The first-order chi connectivity index (χ1) is 14.6. The Kier molecular flexibility index (Phi) is 6.29. The average molecular weight is 440 g/mol. The zero-order valence-corrected chi connectivity index (χ0v) is 18.2. The van der Waals surface area contributed by atoms with E-state index in [-0.39, 0.29) is 17.6 Å². The number of carbonyl (C=O) groups excluding carboxylic acids is 1. The fourth-order valence-electron chi connectivity index (χ4n) is 2.90. The number of furan rings is 1. The summed E-state index contributed by atoms with van der Waals surface area (Å²) >= 11 is 2.76. The summed E-state index contributed by atoms with van der Waals surface area (Å²) in [6, 6.07) is 13.7. The zero-order valence-electron chi connectivity index (χ0n) is 16.6. The van der Waals surface area contributed by atoms with Crippen LogP contribution in [0.5, 0.6) is 0 Å². The van der Waals surface area contributed by atoms with Crippen molar-refractivity contribution in [3.63, 3.8) is 0 Å². The Labute approximate surface area is 182 Å². The smallest absolute Gasteiger partial charge is 0.236 e. The number of benzene rings is 1. The van der Waals surface area contributed by atoms with Gasteiger partial charge in [0, 0.05) is 16.9 Å². The molecule has 0 aliphatic heterocycles. The summed E-state index contributed by atoms with van der Waals surface area (Å²) in [7, 11) is 0. The zero-order chi connectivity index (χ0) is 20.9. The second kappa shape index (κ2) is 9.27. The average Bonchev–Trinajstić information content (AvgIpc) is 3.49. The normalized spacial score (nSPS) is 11.2. The minimum Gasteiger partial charge on any atom is -0.467 e. The van der Waals surface area contributed by atoms with Crippen LogP contribution in [0.4, 0.5) is 5.13 Å². The number of nitrogens with one attached hydrogen (secondary N) is 1. The number of thioether (sulfide) groups is 1. The van der Waals surface area contributed by atoms with Crippen molar-refractivity contribution < 1.29 is 9.21 Å². The van der Waals surface area contributed by atoms with Gasteiger partial charge in [-0.2, -0.15) is 0 Å². The van der Waals surface area contributed by atoms with Crippen LogP contribution in [0.3, 0.4) is 0 Å². The van der Waals surface area contributed by atoms with Crippen LogP contribution >= 0.6 is 23.1 Å². The molecular formula is C21H21N5O2S2. The summed E-state index contributed by atoms with van der Waals surface area (Å²) in [5.74, 6) is 1.98. The number of anilines is 1. The lowest BCUT2D eigenvalue weighted by Gasteiger charge is -2.10. The Balaban J connectivity index is 1.40. The van der Waals surface area contributed by atoms with Crippen molar-refractivity contribution in [1.29, 1.82) is 0 Å². The van der Waals surface area contributed by atoms with Gasteiger partial charge in [-0.3, -0.25) is 9.36 Å². The van der Waals surface area contributed by atoms with E-state index in [2.05, 4.69) is 34.3 Å². The van der Waals surface area contributed by atoms with E-state index >= 15 is 0 Å². The SMILES string of the molecule is CC(C)c1nnc(SCC(=O)Nc2nc(-c3ccccc3)cs2)n1Cc1ccco1. The molecule has 0 spiro atoms. The summed E-state index contributed by atoms with van der Waals surface area (Å²) in [5, 5.41) is 14.7. The number of carbonyl (C=O) groups is 1. The number of nitrogens with zero attached hydrogens (tertiary/aromatic N) is 4. The summed E-state index contributed by atoms with van der Waals surface area (Å²) in [6.07, 6.45) is 1.65. The summed E-state index contributed by atoms with van der Waals surface area (Å²) in [6.45, 7) is 4.66. The first-order valence-electron chi connectivity index (χ1n) is 9.49. The molecule has 3 heterocycles. The van der Waals surface area contributed by atoms with Gasteiger partial charge in [0.1, 0.15) is 11.6 Å². The maximum absolute atomic E-state index is 12.5. The summed E-state index contributed by atoms with van der Waals surface area (Å²) in [5.41, 5.74) is 1.87. The minimum absolute atomic E-state index is 0.132. The highest BCUT2D eigenvalue weighted by Crippen LogP contribution is 2.26. The van der Waals surface area contributed by atoms with E-state index in [4.69, 9.17) is 4.42 Å². The number of amides is 1. The number of hydrogen-bond donors (Lipinski definition) is 1. The number of aromatic nitrogens is 4. The molecule has 4 rings (SSSR count). The van der Waals surface area contributed by atoms with Crippen LogP contribution in [0, 0.1) is 0 Å². The largest absolute Gasteiger partial charge is 0.467 e. The number of hydrogen-bond acceptors (Lipinski definition) is 7. The van der Waals surface area contributed by atoms with Crippen molar-refractivity contribution in [2.75, 3.05) is 11.1 Å². The van der Waals surface area contributed by atoms with E-state index in [9.17, 15) is 4.79 Å². The van der Waals surface area contributed by atoms with E-state index in [1.54, 1.807) is 6.26 Å². The quantitative estimate of drug-likeness (QED) is 0.393. The molecule has 1 amide bonds. The van der Waals surface area contributed by atoms with Gasteiger partial charge in [0.2, 0.25) is 5.91 Å². The highest BCUT2D eigenvalue weighted by molar-refractivity contribution is 7.99. The topological polar surface area (TPSA) is 85.8 Å². The summed E-state index contributed by atoms with van der Waals surface area (Å²) < 4.78 is 7.47. The highest BCUT2D eigenvalue weighted by atomic mass is 32.2. The van der Waals surface area contributed by atoms with E-state index < -0.39 is 0 Å². The Morgan fingerprint density at radius 2 is 2.03 bits per heavy atom. The third-order valence-electron chi connectivity index (χ3n) is 4.31. The molecule has 4 aromatic rings. The van der Waals surface area contributed by atoms with E-state index in [0.29, 0.717) is 16.8 Å². The predicted octanol–water partition coefficient (Wildman–Crippen LogP) is 4.90. The minimum atomic E-state index is -0.132. The van der Waals surface area contributed by atoms with E-state index in [1.165, 1.54) is 23.1 Å². The van der Waals surface area contributed by atoms with Crippen molar-refractivity contribution in [3.05, 3.63) is 65.7 Å². The Hall–Kier alpha value is -2.91. The van der Waals surface area contributed by atoms with E-state index in [1.807, 2.05) is 52.4 Å². The third-order valence-corrected chi connectivity index (χ3v) is 6.03. The van der Waals surface area contributed by atoms with Crippen LogP contribution in [0.15, 0.2) is 63.7 Å². The monoisotopic (exact) mass is 439 g/mol. The predicted molar refractivity (Wildman–Crippen MR) is 119 cm³/mol. The van der Waals surface area contributed by atoms with Crippen molar-refractivity contribution in [1.82, 2.24) is 19.7 Å². The molecule has 154 valence electrons. The lowest BCUT2D eigenvalue weighted by atomic mass is 10.2. The molecule has 0 fully saturated rings. The standard InChI is InChI=1S/C21H21N5O2S2/c1-14(2)19-24-25-21(26(19)11-16-9-6-10-28-16)30-13-18(27)23-20-22-17(12-29-20)15-7-4-3-5-8-15/h3-10,12,14H,11,13H2,1-2H3,(H,22,23,27). The van der Waals surface area contributed by atoms with Gasteiger partial charge in [0.25, 0.3) is 0 Å². The molecule has 0 saturated carbocycles. The maximum atomic E-state index is 12.5. The second-order valence-corrected chi connectivity index (χ2v) is 8.70. The second-order valence-electron chi connectivity index (χ2n) is 6.90. The van der Waals surface area contributed by atoms with Gasteiger partial charge in [-0.05, 0) is 12.1 Å². The first kappa shape index (κ1) is 20.4. The molecule has 9 heteroatoms. The van der Waals surface area contributed by atoms with E-state index in [0.717, 1.165) is 22.8 Å². The van der Waals surface area contributed by atoms with Crippen LogP contribution < -0.4 is 5.32 Å². The Morgan fingerprint density at radius 3 is 2.77 bits per heavy atom. The van der Waals surface area contributed by atoms with Gasteiger partial charge < -0.3 is 9.73 Å². The van der Waals surface area contributed by atoms with Crippen LogP contribution in [-0.2, 0) is 11.3 Å². The van der Waals surface area contributed by atoms with Crippen molar-refractivity contribution in [3.8, 4) is 11.3 Å². The summed E-state index contributed by atoms with van der Waals surface area (Å²) in [4.78, 5) is 17.0. The van der Waals surface area contributed by atoms with Crippen LogP contribution in [0.2, 0.25) is 0 Å². The van der Waals surface area contributed by atoms with Crippen molar-refractivity contribution in [2.24, 2.45) is 0 Å². The molecule has 7 nitrogen and oxygen atoms in total. The van der Waals surface area contributed by atoms with Crippen LogP contribution in [-0.4, -0.2) is 31.4 Å². The lowest BCUT2D eigenvalue weighted by Crippen LogP contribution is -2.15. The van der Waals surface area contributed by atoms with Crippen LogP contribution in [0.1, 0.15) is 31.4 Å². The van der Waals surface area contributed by atoms with Gasteiger partial charge in [-0.25, -0.2) is 4.98 Å². The van der Waals surface area contributed by atoms with Gasteiger partial charge in [-0.15, -0.1) is 21.5 Å². The fourth-order valence-corrected chi connectivity index (χ4v) is 4.38. The first-order valence-corrected chi connectivity index (χ1v) is 11.4. The molecule has 0 saturated heterocycles. The molecule has 0 unspecified atom stereocenters. The van der Waals surface area contributed by atoms with Gasteiger partial charge >= 0.3 is 0 Å². The third kappa shape index (κ3) is 4.80. The molecule has 3 aromatic heterocycles. The van der Waals surface area contributed by atoms with Gasteiger partial charge in [-0.1, -0.05) is 55.9 Å². The molecule has 0 radical (unpaired) electrons.